The van der Waals surface area contributed by atoms with Crippen molar-refractivity contribution in [2.45, 2.75) is 19.0 Å². The Morgan fingerprint density at radius 3 is 2.46 bits per heavy atom. The van der Waals surface area contributed by atoms with Crippen LogP contribution in [0.25, 0.3) is 5.69 Å². The zero-order valence-electron chi connectivity index (χ0n) is 15.1. The van der Waals surface area contributed by atoms with E-state index in [-0.39, 0.29) is 17.4 Å². The Kier molecular flexibility index (Phi) is 6.22. The van der Waals surface area contributed by atoms with E-state index in [0.717, 1.165) is 22.7 Å². The van der Waals surface area contributed by atoms with Crippen LogP contribution >= 0.6 is 35.3 Å². The van der Waals surface area contributed by atoms with E-state index in [0.29, 0.717) is 19.8 Å². The lowest BCUT2D eigenvalue weighted by atomic mass is 10.3. The largest absolute Gasteiger partial charge is 0.364 e. The molecular formula is C18H17N5O2S3. The number of para-hydroxylation sites is 1. The van der Waals surface area contributed by atoms with Gasteiger partial charge < -0.3 is 11.1 Å². The predicted molar refractivity (Wildman–Crippen MR) is 114 cm³/mol. The minimum absolute atomic E-state index is 0.0943. The lowest BCUT2D eigenvalue weighted by Gasteiger charge is -2.08. The Morgan fingerprint density at radius 1 is 1.21 bits per heavy atom. The predicted octanol–water partition coefficient (Wildman–Crippen LogP) is 3.50. The minimum Gasteiger partial charge on any atom is -0.364 e. The average molecular weight is 432 g/mol. The summed E-state index contributed by atoms with van der Waals surface area (Å²) >= 11 is 7.72. The Hall–Kier alpha value is -2.56. The Bertz CT molecular complexity index is 1070. The van der Waals surface area contributed by atoms with E-state index in [9.17, 15) is 9.59 Å². The topological polar surface area (TPSA) is 103 Å². The van der Waals surface area contributed by atoms with E-state index in [1.165, 1.54) is 11.8 Å². The number of nitrogens with one attached hydrogen (secondary N) is 1. The van der Waals surface area contributed by atoms with Crippen LogP contribution in [0.5, 0.6) is 0 Å². The van der Waals surface area contributed by atoms with Gasteiger partial charge in [-0.15, -0.1) is 0 Å². The number of primary amides is 1. The molecule has 0 radical (unpaired) electrons. The van der Waals surface area contributed by atoms with Crippen LogP contribution in [-0.4, -0.2) is 32.1 Å². The number of nitrogens with zero attached hydrogens (tertiary/aromatic N) is 3. The average Bonchev–Trinajstić information content (AvgIpc) is 2.96. The van der Waals surface area contributed by atoms with Gasteiger partial charge in [0, 0.05) is 17.1 Å². The maximum absolute atomic E-state index is 12.4. The molecule has 0 unspecified atom stereocenters. The van der Waals surface area contributed by atoms with Crippen LogP contribution in [0.15, 0.2) is 41.6 Å². The molecule has 2 heterocycles. The van der Waals surface area contributed by atoms with Crippen LogP contribution in [0.4, 0.5) is 5.00 Å². The Balaban J connectivity index is 1.81. The van der Waals surface area contributed by atoms with Crippen LogP contribution in [-0.2, 0) is 4.79 Å². The van der Waals surface area contributed by atoms with Crippen molar-refractivity contribution in [3.05, 3.63) is 57.4 Å². The molecule has 0 saturated heterocycles. The number of anilines is 1. The van der Waals surface area contributed by atoms with Gasteiger partial charge in [0.25, 0.3) is 5.91 Å². The maximum Gasteiger partial charge on any atom is 0.268 e. The standard InChI is InChI=1S/C18H17N5O2S3/c1-10-8-11(2)21-17(20-10)27-9-13(24)22-16-14(15(19)25)23(18(26)28-16)12-6-4-3-5-7-12/h3-8H,9H2,1-2H3,(H2,19,25)(H,22,24). The van der Waals surface area contributed by atoms with Gasteiger partial charge in [-0.1, -0.05) is 41.3 Å². The first kappa shape index (κ1) is 20.2. The van der Waals surface area contributed by atoms with Crippen molar-refractivity contribution in [3.63, 3.8) is 0 Å². The van der Waals surface area contributed by atoms with Gasteiger partial charge in [0.05, 0.1) is 5.75 Å². The van der Waals surface area contributed by atoms with Gasteiger partial charge in [0.15, 0.2) is 9.11 Å². The number of aromatic nitrogens is 3. The van der Waals surface area contributed by atoms with Crippen LogP contribution in [0.3, 0.4) is 0 Å². The molecule has 144 valence electrons. The van der Waals surface area contributed by atoms with E-state index in [2.05, 4.69) is 15.3 Å². The number of hydrogen-bond donors (Lipinski definition) is 2. The molecule has 3 aromatic rings. The number of thiazole rings is 1. The van der Waals surface area contributed by atoms with Crippen LogP contribution < -0.4 is 11.1 Å². The second-order valence-corrected chi connectivity index (χ2v) is 8.44. The second kappa shape index (κ2) is 8.63. The quantitative estimate of drug-likeness (QED) is 0.352. The van der Waals surface area contributed by atoms with Crippen molar-refractivity contribution in [2.75, 3.05) is 11.1 Å². The third kappa shape index (κ3) is 4.64. The number of aryl methyl sites for hydroxylation is 2. The number of carbonyl (C=O) groups is 2. The lowest BCUT2D eigenvalue weighted by molar-refractivity contribution is -0.113. The van der Waals surface area contributed by atoms with Crippen molar-refractivity contribution in [3.8, 4) is 5.69 Å². The van der Waals surface area contributed by atoms with Gasteiger partial charge in [-0.05, 0) is 44.3 Å². The third-order valence-corrected chi connectivity index (χ3v) is 5.74. The van der Waals surface area contributed by atoms with Gasteiger partial charge >= 0.3 is 0 Å². The van der Waals surface area contributed by atoms with E-state index in [1.54, 1.807) is 4.57 Å². The monoisotopic (exact) mass is 431 g/mol. The highest BCUT2D eigenvalue weighted by Gasteiger charge is 2.21. The highest BCUT2D eigenvalue weighted by atomic mass is 32.2. The maximum atomic E-state index is 12.4. The Labute approximate surface area is 175 Å². The summed E-state index contributed by atoms with van der Waals surface area (Å²) in [4.78, 5) is 33.1. The molecule has 0 saturated carbocycles. The molecule has 0 atom stereocenters. The summed E-state index contributed by atoms with van der Waals surface area (Å²) in [6.45, 7) is 3.74. The second-order valence-electron chi connectivity index (χ2n) is 5.85. The summed E-state index contributed by atoms with van der Waals surface area (Å²) in [5, 5.41) is 3.59. The molecule has 3 N–H and O–H groups in total. The van der Waals surface area contributed by atoms with E-state index < -0.39 is 5.91 Å². The minimum atomic E-state index is -0.670. The Morgan fingerprint density at radius 2 is 1.86 bits per heavy atom. The number of benzene rings is 1. The van der Waals surface area contributed by atoms with Crippen molar-refractivity contribution < 1.29 is 9.59 Å². The first-order valence-corrected chi connectivity index (χ1v) is 10.4. The molecule has 0 spiro atoms. The number of hydrogen-bond acceptors (Lipinski definition) is 7. The fraction of sp³-hybridized carbons (Fsp3) is 0.167. The molecule has 3 rings (SSSR count). The molecule has 2 aromatic heterocycles. The first-order valence-electron chi connectivity index (χ1n) is 8.21. The molecule has 0 aliphatic heterocycles. The van der Waals surface area contributed by atoms with Crippen molar-refractivity contribution in [1.82, 2.24) is 14.5 Å². The van der Waals surface area contributed by atoms with Gasteiger partial charge in [-0.3, -0.25) is 14.2 Å². The molecule has 2 amide bonds. The van der Waals surface area contributed by atoms with Crippen LogP contribution in [0.2, 0.25) is 0 Å². The van der Waals surface area contributed by atoms with E-state index in [1.807, 2.05) is 50.2 Å². The lowest BCUT2D eigenvalue weighted by Crippen LogP contribution is -2.21. The molecule has 28 heavy (non-hydrogen) atoms. The van der Waals surface area contributed by atoms with Crippen molar-refractivity contribution in [1.29, 1.82) is 0 Å². The summed E-state index contributed by atoms with van der Waals surface area (Å²) in [5.74, 6) is -0.875. The number of nitrogens with two attached hydrogens (primary N) is 1. The summed E-state index contributed by atoms with van der Waals surface area (Å²) < 4.78 is 1.98. The van der Waals surface area contributed by atoms with Gasteiger partial charge in [0.1, 0.15) is 10.7 Å². The summed E-state index contributed by atoms with van der Waals surface area (Å²) in [6.07, 6.45) is 0. The highest BCUT2D eigenvalue weighted by Crippen LogP contribution is 2.29. The molecule has 10 heteroatoms. The molecular weight excluding hydrogens is 414 g/mol. The third-order valence-electron chi connectivity index (χ3n) is 3.61. The number of carbonyl (C=O) groups excluding carboxylic acids is 2. The molecule has 0 bridgehead atoms. The summed E-state index contributed by atoms with van der Waals surface area (Å²) in [5.41, 5.74) is 8.10. The van der Waals surface area contributed by atoms with Gasteiger partial charge in [0.2, 0.25) is 5.91 Å². The van der Waals surface area contributed by atoms with Crippen LogP contribution in [0.1, 0.15) is 21.9 Å². The molecule has 7 nitrogen and oxygen atoms in total. The molecule has 0 aliphatic rings. The molecule has 1 aromatic carbocycles. The van der Waals surface area contributed by atoms with Crippen molar-refractivity contribution in [2.24, 2.45) is 5.73 Å². The zero-order chi connectivity index (χ0) is 20.3. The summed E-state index contributed by atoms with van der Waals surface area (Å²) in [6, 6.07) is 11.0. The first-order chi connectivity index (χ1) is 13.3. The van der Waals surface area contributed by atoms with Crippen LogP contribution in [0, 0.1) is 17.8 Å². The smallest absolute Gasteiger partial charge is 0.268 e. The normalized spacial score (nSPS) is 10.6. The van der Waals surface area contributed by atoms with Crippen molar-refractivity contribution >= 4 is 52.1 Å². The highest BCUT2D eigenvalue weighted by molar-refractivity contribution is 7.99. The summed E-state index contributed by atoms with van der Waals surface area (Å²) in [7, 11) is 0. The fourth-order valence-corrected chi connectivity index (χ4v) is 4.66. The van der Waals surface area contributed by atoms with E-state index in [4.69, 9.17) is 18.0 Å². The molecule has 0 aliphatic carbocycles. The number of thioether (sulfide) groups is 1. The molecule has 0 fully saturated rings. The SMILES string of the molecule is Cc1cc(C)nc(SCC(=O)Nc2sc(=S)n(-c3ccccc3)c2C(N)=O)n1. The van der Waals surface area contributed by atoms with Gasteiger partial charge in [-0.2, -0.15) is 0 Å². The zero-order valence-corrected chi connectivity index (χ0v) is 17.6. The number of amides is 2. The van der Waals surface area contributed by atoms with E-state index >= 15 is 0 Å². The number of rotatable bonds is 6. The fourth-order valence-electron chi connectivity index (χ4n) is 2.54. The van der Waals surface area contributed by atoms with Gasteiger partial charge in [-0.25, -0.2) is 9.97 Å².